The standard InChI is InChI=1S/C21H17FN2O2S/c22-16-8-6-15(7-9-16)20(25)14-27-19-12-10-18(11-13-19)24-21(26)23-17-4-2-1-3-5-17/h1-13H,14H2,(H2,23,24,26). The Morgan fingerprint density at radius 2 is 1.37 bits per heavy atom. The van der Waals surface area contributed by atoms with Gasteiger partial charge in [-0.1, -0.05) is 18.2 Å². The Bertz CT molecular complexity index is 913. The maximum absolute atomic E-state index is 12.9. The van der Waals surface area contributed by atoms with Crippen LogP contribution in [-0.2, 0) is 0 Å². The minimum Gasteiger partial charge on any atom is -0.308 e. The highest BCUT2D eigenvalue weighted by Crippen LogP contribution is 2.22. The Kier molecular flexibility index (Phi) is 6.22. The number of Topliss-reactive ketones (excluding diaryl/α,β-unsaturated/α-hetero) is 1. The number of hydrogen-bond donors (Lipinski definition) is 2. The van der Waals surface area contributed by atoms with Crippen molar-refractivity contribution in [3.63, 3.8) is 0 Å². The van der Waals surface area contributed by atoms with Gasteiger partial charge in [-0.2, -0.15) is 0 Å². The molecule has 6 heteroatoms. The first-order valence-electron chi connectivity index (χ1n) is 8.25. The van der Waals surface area contributed by atoms with Crippen LogP contribution in [0.1, 0.15) is 10.4 Å². The van der Waals surface area contributed by atoms with Crippen LogP contribution in [0, 0.1) is 5.82 Å². The van der Waals surface area contributed by atoms with Gasteiger partial charge in [-0.3, -0.25) is 4.79 Å². The zero-order chi connectivity index (χ0) is 19.1. The molecule has 2 N–H and O–H groups in total. The molecule has 3 rings (SSSR count). The van der Waals surface area contributed by atoms with Crippen LogP contribution in [0.5, 0.6) is 0 Å². The van der Waals surface area contributed by atoms with Crippen LogP contribution in [0.4, 0.5) is 20.6 Å². The first kappa shape index (κ1) is 18.7. The number of para-hydroxylation sites is 1. The smallest absolute Gasteiger partial charge is 0.308 e. The van der Waals surface area contributed by atoms with Crippen LogP contribution >= 0.6 is 11.8 Å². The van der Waals surface area contributed by atoms with E-state index in [2.05, 4.69) is 10.6 Å². The number of anilines is 2. The van der Waals surface area contributed by atoms with Gasteiger partial charge in [0.25, 0.3) is 0 Å². The summed E-state index contributed by atoms with van der Waals surface area (Å²) < 4.78 is 12.9. The maximum atomic E-state index is 12.9. The molecule has 0 aliphatic carbocycles. The van der Waals surface area contributed by atoms with Gasteiger partial charge in [0.15, 0.2) is 5.78 Å². The molecule has 3 aromatic carbocycles. The summed E-state index contributed by atoms with van der Waals surface area (Å²) in [5.74, 6) is -0.171. The third-order valence-corrected chi connectivity index (χ3v) is 4.69. The fraction of sp³-hybridized carbons (Fsp3) is 0.0476. The Balaban J connectivity index is 1.50. The number of carbonyl (C=O) groups is 2. The number of amides is 2. The number of ketones is 1. The van der Waals surface area contributed by atoms with Crippen molar-refractivity contribution in [3.8, 4) is 0 Å². The van der Waals surface area contributed by atoms with E-state index in [4.69, 9.17) is 0 Å². The molecule has 0 aromatic heterocycles. The number of nitrogens with one attached hydrogen (secondary N) is 2. The zero-order valence-electron chi connectivity index (χ0n) is 14.3. The van der Waals surface area contributed by atoms with E-state index in [-0.39, 0.29) is 23.4 Å². The van der Waals surface area contributed by atoms with Crippen LogP contribution in [0.15, 0.2) is 83.8 Å². The zero-order valence-corrected chi connectivity index (χ0v) is 15.1. The first-order valence-corrected chi connectivity index (χ1v) is 9.23. The SMILES string of the molecule is O=C(Nc1ccccc1)Nc1ccc(SCC(=O)c2ccc(F)cc2)cc1. The van der Waals surface area contributed by atoms with Crippen molar-refractivity contribution in [2.45, 2.75) is 4.90 Å². The van der Waals surface area contributed by atoms with Gasteiger partial charge in [-0.05, 0) is 60.7 Å². The summed E-state index contributed by atoms with van der Waals surface area (Å²) in [6.45, 7) is 0. The van der Waals surface area contributed by atoms with Crippen molar-refractivity contribution >= 4 is 35.0 Å². The second-order valence-electron chi connectivity index (χ2n) is 5.69. The minimum atomic E-state index is -0.362. The average molecular weight is 380 g/mol. The Morgan fingerprint density at radius 1 is 0.778 bits per heavy atom. The third kappa shape index (κ3) is 5.69. The van der Waals surface area contributed by atoms with E-state index in [0.29, 0.717) is 16.9 Å². The molecule has 0 saturated heterocycles. The lowest BCUT2D eigenvalue weighted by Gasteiger charge is -2.08. The lowest BCUT2D eigenvalue weighted by Crippen LogP contribution is -2.19. The van der Waals surface area contributed by atoms with Crippen LogP contribution in [0.25, 0.3) is 0 Å². The molecule has 0 aliphatic heterocycles. The number of urea groups is 1. The largest absolute Gasteiger partial charge is 0.323 e. The van der Waals surface area contributed by atoms with Crippen molar-refractivity contribution in [3.05, 3.63) is 90.2 Å². The highest BCUT2D eigenvalue weighted by molar-refractivity contribution is 8.00. The molecule has 0 spiro atoms. The van der Waals surface area contributed by atoms with Gasteiger partial charge in [0, 0.05) is 21.8 Å². The molecule has 0 saturated carbocycles. The summed E-state index contributed by atoms with van der Waals surface area (Å²) >= 11 is 1.39. The lowest BCUT2D eigenvalue weighted by molar-refractivity contribution is 0.102. The summed E-state index contributed by atoms with van der Waals surface area (Å²) in [7, 11) is 0. The number of carbonyl (C=O) groups excluding carboxylic acids is 2. The maximum Gasteiger partial charge on any atom is 0.323 e. The van der Waals surface area contributed by atoms with E-state index in [1.807, 2.05) is 30.3 Å². The van der Waals surface area contributed by atoms with E-state index < -0.39 is 0 Å². The fourth-order valence-corrected chi connectivity index (χ4v) is 3.11. The normalized spacial score (nSPS) is 10.3. The van der Waals surface area contributed by atoms with E-state index in [1.165, 1.54) is 36.0 Å². The van der Waals surface area contributed by atoms with Crippen molar-refractivity contribution < 1.29 is 14.0 Å². The number of rotatable bonds is 6. The molecular formula is C21H17FN2O2S. The molecule has 0 fully saturated rings. The molecule has 3 aromatic rings. The van der Waals surface area contributed by atoms with Gasteiger partial charge in [-0.25, -0.2) is 9.18 Å². The fourth-order valence-electron chi connectivity index (χ4n) is 2.32. The first-order chi connectivity index (χ1) is 13.1. The van der Waals surface area contributed by atoms with Gasteiger partial charge in [0.2, 0.25) is 0 Å². The Labute approximate surface area is 160 Å². The molecule has 0 atom stereocenters. The highest BCUT2D eigenvalue weighted by atomic mass is 32.2. The van der Waals surface area contributed by atoms with E-state index >= 15 is 0 Å². The summed E-state index contributed by atoms with van der Waals surface area (Å²) in [5, 5.41) is 5.49. The van der Waals surface area contributed by atoms with Crippen molar-refractivity contribution in [2.24, 2.45) is 0 Å². The van der Waals surface area contributed by atoms with Crippen molar-refractivity contribution in [2.75, 3.05) is 16.4 Å². The van der Waals surface area contributed by atoms with Crippen LogP contribution in [0.3, 0.4) is 0 Å². The van der Waals surface area contributed by atoms with Gasteiger partial charge in [0.1, 0.15) is 5.82 Å². The summed E-state index contributed by atoms with van der Waals surface area (Å²) in [5.41, 5.74) is 1.85. The van der Waals surface area contributed by atoms with E-state index in [1.54, 1.807) is 24.3 Å². The van der Waals surface area contributed by atoms with Gasteiger partial charge < -0.3 is 10.6 Å². The number of hydrogen-bond acceptors (Lipinski definition) is 3. The second kappa shape index (κ2) is 9.00. The molecule has 136 valence electrons. The monoisotopic (exact) mass is 380 g/mol. The van der Waals surface area contributed by atoms with Crippen LogP contribution in [-0.4, -0.2) is 17.6 Å². The molecule has 0 radical (unpaired) electrons. The number of benzene rings is 3. The molecule has 4 nitrogen and oxygen atoms in total. The second-order valence-corrected chi connectivity index (χ2v) is 6.74. The third-order valence-electron chi connectivity index (χ3n) is 3.68. The molecule has 0 bridgehead atoms. The molecule has 0 heterocycles. The number of halogens is 1. The highest BCUT2D eigenvalue weighted by Gasteiger charge is 2.07. The van der Waals surface area contributed by atoms with E-state index in [9.17, 15) is 14.0 Å². The summed E-state index contributed by atoms with van der Waals surface area (Å²) in [6, 6.07) is 21.6. The Hall–Kier alpha value is -3.12. The van der Waals surface area contributed by atoms with E-state index in [0.717, 1.165) is 4.90 Å². The molecule has 0 unspecified atom stereocenters. The predicted octanol–water partition coefficient (Wildman–Crippen LogP) is 5.44. The molecule has 2 amide bonds. The molecular weight excluding hydrogens is 363 g/mol. The van der Waals surface area contributed by atoms with Crippen molar-refractivity contribution in [1.29, 1.82) is 0 Å². The average Bonchev–Trinajstić information content (AvgIpc) is 2.68. The molecule has 0 aliphatic rings. The number of thioether (sulfide) groups is 1. The summed E-state index contributed by atoms with van der Waals surface area (Å²) in [4.78, 5) is 25.0. The van der Waals surface area contributed by atoms with Crippen LogP contribution < -0.4 is 10.6 Å². The minimum absolute atomic E-state index is 0.0653. The van der Waals surface area contributed by atoms with Crippen molar-refractivity contribution in [1.82, 2.24) is 0 Å². The topological polar surface area (TPSA) is 58.2 Å². The molecule has 27 heavy (non-hydrogen) atoms. The van der Waals surface area contributed by atoms with Gasteiger partial charge in [-0.15, -0.1) is 11.8 Å². The summed E-state index contributed by atoms with van der Waals surface area (Å²) in [6.07, 6.45) is 0. The predicted molar refractivity (Wildman–Crippen MR) is 107 cm³/mol. The van der Waals surface area contributed by atoms with Crippen LogP contribution in [0.2, 0.25) is 0 Å². The van der Waals surface area contributed by atoms with Gasteiger partial charge >= 0.3 is 6.03 Å². The van der Waals surface area contributed by atoms with Gasteiger partial charge in [0.05, 0.1) is 5.75 Å². The quantitative estimate of drug-likeness (QED) is 0.442. The lowest BCUT2D eigenvalue weighted by atomic mass is 10.1. The Morgan fingerprint density at radius 3 is 2.00 bits per heavy atom.